The van der Waals surface area contributed by atoms with Crippen molar-refractivity contribution in [3.05, 3.63) is 17.8 Å². The second kappa shape index (κ2) is 6.33. The summed E-state index contributed by atoms with van der Waals surface area (Å²) < 4.78 is 0. The van der Waals surface area contributed by atoms with Crippen molar-refractivity contribution < 1.29 is 0 Å². The molecule has 0 amide bonds. The first-order valence-corrected chi connectivity index (χ1v) is 7.67. The van der Waals surface area contributed by atoms with E-state index in [-0.39, 0.29) is 0 Å². The molecule has 2 rings (SSSR count). The first-order chi connectivity index (χ1) is 8.72. The molecule has 0 saturated heterocycles. The normalized spacial score (nSPS) is 22.9. The third kappa shape index (κ3) is 3.11. The highest BCUT2D eigenvalue weighted by atomic mass is 32.2. The fourth-order valence-electron chi connectivity index (χ4n) is 2.32. The Morgan fingerprint density at radius 2 is 2.44 bits per heavy atom. The van der Waals surface area contributed by atoms with Gasteiger partial charge in [-0.15, -0.1) is 5.10 Å². The zero-order chi connectivity index (χ0) is 13.0. The molecule has 0 aromatic carbocycles. The van der Waals surface area contributed by atoms with Gasteiger partial charge in [-0.2, -0.15) is 16.9 Å². The second-order valence-electron chi connectivity index (χ2n) is 4.33. The van der Waals surface area contributed by atoms with Gasteiger partial charge in [-0.25, -0.2) is 0 Å². The number of nitrogens with zero attached hydrogens (tertiary/aromatic N) is 2. The maximum absolute atomic E-state index is 5.70. The molecule has 18 heavy (non-hydrogen) atoms. The van der Waals surface area contributed by atoms with Crippen molar-refractivity contribution in [3.63, 3.8) is 0 Å². The smallest absolute Gasteiger partial charge is 0.159 e. The van der Waals surface area contributed by atoms with Gasteiger partial charge in [0.2, 0.25) is 0 Å². The molecule has 1 fully saturated rings. The molecule has 2 atom stereocenters. The zero-order valence-electron chi connectivity index (χ0n) is 10.4. The maximum Gasteiger partial charge on any atom is 0.159 e. The van der Waals surface area contributed by atoms with Gasteiger partial charge < -0.3 is 11.1 Å². The fraction of sp³-hybridized carbons (Fsp3) is 0.583. The van der Waals surface area contributed by atoms with Crippen molar-refractivity contribution in [2.75, 3.05) is 11.1 Å². The topological polar surface area (TPSA) is 63.8 Å². The molecule has 1 aliphatic carbocycles. The lowest BCUT2D eigenvalue weighted by atomic mass is 10.2. The van der Waals surface area contributed by atoms with Crippen LogP contribution in [0.4, 0.5) is 5.82 Å². The highest BCUT2D eigenvalue weighted by Crippen LogP contribution is 2.32. The van der Waals surface area contributed by atoms with Gasteiger partial charge in [0.15, 0.2) is 5.82 Å². The summed E-state index contributed by atoms with van der Waals surface area (Å²) in [7, 11) is 0. The van der Waals surface area contributed by atoms with Crippen molar-refractivity contribution in [1.82, 2.24) is 10.2 Å². The summed E-state index contributed by atoms with van der Waals surface area (Å²) in [5.74, 6) is 1.87. The van der Waals surface area contributed by atoms with Crippen LogP contribution in [0.1, 0.15) is 31.7 Å². The molecule has 0 aliphatic heterocycles. The lowest BCUT2D eigenvalue weighted by molar-refractivity contribution is 0.757. The Labute approximate surface area is 117 Å². The van der Waals surface area contributed by atoms with Crippen LogP contribution in [-0.4, -0.2) is 32.2 Å². The summed E-state index contributed by atoms with van der Waals surface area (Å²) in [5, 5.41) is 12.1. The Morgan fingerprint density at radius 1 is 1.61 bits per heavy atom. The van der Waals surface area contributed by atoms with Crippen LogP contribution >= 0.6 is 24.0 Å². The van der Waals surface area contributed by atoms with E-state index in [1.165, 1.54) is 19.3 Å². The van der Waals surface area contributed by atoms with Crippen molar-refractivity contribution >= 4 is 34.8 Å². The summed E-state index contributed by atoms with van der Waals surface area (Å²) in [4.78, 5) is 0.366. The molecule has 3 N–H and O–H groups in total. The molecular weight excluding hydrogens is 264 g/mol. The highest BCUT2D eigenvalue weighted by Gasteiger charge is 2.28. The van der Waals surface area contributed by atoms with E-state index in [4.69, 9.17) is 18.0 Å². The molecule has 1 saturated carbocycles. The van der Waals surface area contributed by atoms with E-state index in [1.807, 2.05) is 17.8 Å². The van der Waals surface area contributed by atoms with Crippen molar-refractivity contribution in [3.8, 4) is 0 Å². The van der Waals surface area contributed by atoms with E-state index < -0.39 is 0 Å². The molecule has 1 heterocycles. The minimum Gasteiger partial charge on any atom is -0.389 e. The van der Waals surface area contributed by atoms with Crippen LogP contribution < -0.4 is 11.1 Å². The number of hydrogen-bond donors (Lipinski definition) is 2. The Morgan fingerprint density at radius 3 is 3.17 bits per heavy atom. The number of anilines is 1. The molecule has 1 aromatic heterocycles. The van der Waals surface area contributed by atoms with E-state index in [2.05, 4.69) is 22.4 Å². The highest BCUT2D eigenvalue weighted by molar-refractivity contribution is 7.99. The zero-order valence-corrected chi connectivity index (χ0v) is 12.1. The standard InChI is InChI=1S/C12H18N4S2/c1-2-18-10-5-3-4-9(10)15-12-8(11(13)17)6-7-14-16-12/h6-7,9-10H,2-5H2,1H3,(H2,13,17)(H,15,16). The van der Waals surface area contributed by atoms with Crippen LogP contribution in [0.25, 0.3) is 0 Å². The first kappa shape index (κ1) is 13.5. The second-order valence-corrected chi connectivity index (χ2v) is 6.29. The van der Waals surface area contributed by atoms with Crippen LogP contribution in [0, 0.1) is 0 Å². The molecule has 4 nitrogen and oxygen atoms in total. The molecule has 0 radical (unpaired) electrons. The Balaban J connectivity index is 2.11. The molecule has 1 aromatic rings. The van der Waals surface area contributed by atoms with Gasteiger partial charge in [0.05, 0.1) is 11.8 Å². The van der Waals surface area contributed by atoms with Crippen LogP contribution in [0.15, 0.2) is 12.3 Å². The van der Waals surface area contributed by atoms with E-state index in [9.17, 15) is 0 Å². The first-order valence-electron chi connectivity index (χ1n) is 6.22. The predicted molar refractivity (Wildman–Crippen MR) is 81.1 cm³/mol. The van der Waals surface area contributed by atoms with Gasteiger partial charge in [0, 0.05) is 11.3 Å². The van der Waals surface area contributed by atoms with Crippen LogP contribution in [-0.2, 0) is 0 Å². The van der Waals surface area contributed by atoms with Crippen LogP contribution in [0.2, 0.25) is 0 Å². The van der Waals surface area contributed by atoms with Crippen molar-refractivity contribution in [1.29, 1.82) is 0 Å². The average Bonchev–Trinajstić information content (AvgIpc) is 2.78. The van der Waals surface area contributed by atoms with E-state index >= 15 is 0 Å². The lowest BCUT2D eigenvalue weighted by Gasteiger charge is -2.21. The summed E-state index contributed by atoms with van der Waals surface area (Å²) in [6, 6.07) is 2.26. The van der Waals surface area contributed by atoms with E-state index in [0.29, 0.717) is 16.3 Å². The number of thioether (sulfide) groups is 1. The Hall–Kier alpha value is -0.880. The van der Waals surface area contributed by atoms with Gasteiger partial charge >= 0.3 is 0 Å². The number of aromatic nitrogens is 2. The number of rotatable bonds is 5. The average molecular weight is 282 g/mol. The Bertz CT molecular complexity index is 424. The molecule has 6 heteroatoms. The van der Waals surface area contributed by atoms with Gasteiger partial charge in [-0.05, 0) is 24.7 Å². The minimum absolute atomic E-state index is 0.366. The van der Waals surface area contributed by atoms with Crippen molar-refractivity contribution in [2.45, 2.75) is 37.5 Å². The lowest BCUT2D eigenvalue weighted by Crippen LogP contribution is -2.28. The largest absolute Gasteiger partial charge is 0.389 e. The SMILES string of the molecule is CCSC1CCCC1Nc1nnccc1C(N)=S. The quantitative estimate of drug-likeness (QED) is 0.807. The molecule has 0 spiro atoms. The maximum atomic E-state index is 5.70. The molecule has 2 unspecified atom stereocenters. The number of thiocarbonyl (C=S) groups is 1. The molecule has 0 bridgehead atoms. The molecule has 1 aliphatic rings. The fourth-order valence-corrected chi connectivity index (χ4v) is 3.68. The minimum atomic E-state index is 0.366. The molecular formula is C12H18N4S2. The van der Waals surface area contributed by atoms with Gasteiger partial charge in [-0.3, -0.25) is 0 Å². The summed E-state index contributed by atoms with van der Waals surface area (Å²) >= 11 is 7.04. The van der Waals surface area contributed by atoms with Crippen LogP contribution in [0.5, 0.6) is 0 Å². The van der Waals surface area contributed by atoms with Gasteiger partial charge in [0.1, 0.15) is 4.99 Å². The monoisotopic (exact) mass is 282 g/mol. The third-order valence-corrected chi connectivity index (χ3v) is 4.69. The summed E-state index contributed by atoms with van der Waals surface area (Å²) in [6.07, 6.45) is 5.31. The number of hydrogen-bond acceptors (Lipinski definition) is 5. The van der Waals surface area contributed by atoms with E-state index in [0.717, 1.165) is 17.1 Å². The number of nitrogens with two attached hydrogens (primary N) is 1. The van der Waals surface area contributed by atoms with Crippen molar-refractivity contribution in [2.24, 2.45) is 5.73 Å². The van der Waals surface area contributed by atoms with Gasteiger partial charge in [-0.1, -0.05) is 25.6 Å². The third-order valence-electron chi connectivity index (χ3n) is 3.14. The van der Waals surface area contributed by atoms with Crippen LogP contribution in [0.3, 0.4) is 0 Å². The van der Waals surface area contributed by atoms with E-state index in [1.54, 1.807) is 6.20 Å². The predicted octanol–water partition coefficient (Wildman–Crippen LogP) is 2.20. The Kier molecular flexibility index (Phi) is 4.77. The summed E-state index contributed by atoms with van der Waals surface area (Å²) in [5.41, 5.74) is 6.48. The number of nitrogens with one attached hydrogen (secondary N) is 1. The molecule has 98 valence electrons. The van der Waals surface area contributed by atoms with Gasteiger partial charge in [0.25, 0.3) is 0 Å². The summed E-state index contributed by atoms with van der Waals surface area (Å²) in [6.45, 7) is 2.20.